The van der Waals surface area contributed by atoms with E-state index in [1.54, 1.807) is 0 Å². The van der Waals surface area contributed by atoms with Gasteiger partial charge in [0.15, 0.2) is 0 Å². The van der Waals surface area contributed by atoms with Crippen LogP contribution in [0.1, 0.15) is 63.8 Å². The van der Waals surface area contributed by atoms with E-state index in [0.717, 1.165) is 25.4 Å². The van der Waals surface area contributed by atoms with Crippen molar-refractivity contribution >= 4 is 0 Å². The first-order valence-corrected chi connectivity index (χ1v) is 8.01. The standard InChI is InChI=1S/C16H27N3/c1-13(2)7-11-19-12-17-15-14(19)6-10-18-16(15)8-4-3-5-9-16/h12-13,18H,3-11H2,1-2H3. The summed E-state index contributed by atoms with van der Waals surface area (Å²) < 4.78 is 2.42. The molecule has 1 aromatic rings. The summed E-state index contributed by atoms with van der Waals surface area (Å²) in [5.74, 6) is 0.767. The fraction of sp³-hybridized carbons (Fsp3) is 0.812. The molecule has 3 heteroatoms. The quantitative estimate of drug-likeness (QED) is 0.905. The van der Waals surface area contributed by atoms with Gasteiger partial charge >= 0.3 is 0 Å². The highest BCUT2D eigenvalue weighted by Crippen LogP contribution is 2.39. The maximum absolute atomic E-state index is 4.81. The molecule has 0 radical (unpaired) electrons. The minimum absolute atomic E-state index is 0.217. The predicted molar refractivity (Wildman–Crippen MR) is 78.2 cm³/mol. The Labute approximate surface area is 116 Å². The van der Waals surface area contributed by atoms with Crippen molar-refractivity contribution in [2.45, 2.75) is 70.9 Å². The minimum Gasteiger partial charge on any atom is -0.334 e. The molecule has 0 unspecified atom stereocenters. The van der Waals surface area contributed by atoms with Crippen molar-refractivity contribution in [1.82, 2.24) is 14.9 Å². The molecule has 0 bridgehead atoms. The zero-order valence-corrected chi connectivity index (χ0v) is 12.4. The van der Waals surface area contributed by atoms with Crippen LogP contribution in [0.2, 0.25) is 0 Å². The molecule has 1 N–H and O–H groups in total. The van der Waals surface area contributed by atoms with Gasteiger partial charge in [-0.2, -0.15) is 0 Å². The van der Waals surface area contributed by atoms with Gasteiger partial charge in [-0.3, -0.25) is 0 Å². The molecule has 2 aliphatic rings. The van der Waals surface area contributed by atoms with Gasteiger partial charge in [0.25, 0.3) is 0 Å². The topological polar surface area (TPSA) is 29.9 Å². The smallest absolute Gasteiger partial charge is 0.0952 e. The Hall–Kier alpha value is -0.830. The van der Waals surface area contributed by atoms with E-state index in [4.69, 9.17) is 4.98 Å². The Bertz CT molecular complexity index is 427. The zero-order chi connectivity index (χ0) is 13.3. The molecule has 0 atom stereocenters. The lowest BCUT2D eigenvalue weighted by Gasteiger charge is -2.40. The van der Waals surface area contributed by atoms with Crippen LogP contribution in [0, 0.1) is 5.92 Å². The molecular weight excluding hydrogens is 234 g/mol. The summed E-state index contributed by atoms with van der Waals surface area (Å²) >= 11 is 0. The van der Waals surface area contributed by atoms with Gasteiger partial charge in [-0.05, 0) is 25.2 Å². The number of hydrogen-bond donors (Lipinski definition) is 1. The number of nitrogens with zero attached hydrogens (tertiary/aromatic N) is 2. The van der Waals surface area contributed by atoms with Gasteiger partial charge in [-0.25, -0.2) is 4.98 Å². The lowest BCUT2D eigenvalue weighted by molar-refractivity contribution is 0.215. The molecule has 0 aromatic carbocycles. The van der Waals surface area contributed by atoms with Crippen LogP contribution in [-0.4, -0.2) is 16.1 Å². The van der Waals surface area contributed by atoms with Gasteiger partial charge in [-0.15, -0.1) is 0 Å². The molecule has 3 nitrogen and oxygen atoms in total. The van der Waals surface area contributed by atoms with Gasteiger partial charge in [0.1, 0.15) is 0 Å². The van der Waals surface area contributed by atoms with Crippen molar-refractivity contribution in [3.05, 3.63) is 17.7 Å². The van der Waals surface area contributed by atoms with E-state index >= 15 is 0 Å². The highest BCUT2D eigenvalue weighted by Gasteiger charge is 2.40. The van der Waals surface area contributed by atoms with Crippen molar-refractivity contribution < 1.29 is 0 Å². The highest BCUT2D eigenvalue weighted by atomic mass is 15.1. The molecule has 1 aliphatic heterocycles. The van der Waals surface area contributed by atoms with Crippen LogP contribution in [0.5, 0.6) is 0 Å². The minimum atomic E-state index is 0.217. The Balaban J connectivity index is 1.85. The average molecular weight is 261 g/mol. The second-order valence-electron chi connectivity index (χ2n) is 6.74. The van der Waals surface area contributed by atoms with E-state index < -0.39 is 0 Å². The molecule has 0 saturated heterocycles. The SMILES string of the molecule is CC(C)CCn1cnc2c1CCNC21CCCCC1. The Kier molecular flexibility index (Phi) is 3.66. The molecule has 1 spiro atoms. The number of fused-ring (bicyclic) bond motifs is 2. The first-order chi connectivity index (χ1) is 9.21. The molecule has 1 aromatic heterocycles. The van der Waals surface area contributed by atoms with Crippen LogP contribution in [-0.2, 0) is 18.5 Å². The first-order valence-electron chi connectivity index (χ1n) is 8.01. The van der Waals surface area contributed by atoms with Crippen molar-refractivity contribution in [2.24, 2.45) is 5.92 Å². The Morgan fingerprint density at radius 3 is 2.84 bits per heavy atom. The average Bonchev–Trinajstić information content (AvgIpc) is 2.82. The lowest BCUT2D eigenvalue weighted by atomic mass is 9.76. The molecule has 3 rings (SSSR count). The van der Waals surface area contributed by atoms with Crippen LogP contribution in [0.4, 0.5) is 0 Å². The maximum Gasteiger partial charge on any atom is 0.0952 e. The van der Waals surface area contributed by atoms with Crippen molar-refractivity contribution in [3.8, 4) is 0 Å². The third kappa shape index (κ3) is 2.45. The van der Waals surface area contributed by atoms with Crippen LogP contribution in [0.25, 0.3) is 0 Å². The van der Waals surface area contributed by atoms with Crippen LogP contribution >= 0.6 is 0 Å². The van der Waals surface area contributed by atoms with Crippen LogP contribution in [0.3, 0.4) is 0 Å². The van der Waals surface area contributed by atoms with Crippen molar-refractivity contribution in [2.75, 3.05) is 6.54 Å². The van der Waals surface area contributed by atoms with E-state index in [-0.39, 0.29) is 5.54 Å². The number of hydrogen-bond acceptors (Lipinski definition) is 2. The first kappa shape index (κ1) is 13.2. The third-order valence-electron chi connectivity index (χ3n) is 4.88. The summed E-state index contributed by atoms with van der Waals surface area (Å²) in [6, 6.07) is 0. The van der Waals surface area contributed by atoms with E-state index in [0.29, 0.717) is 0 Å². The normalized spacial score (nSPS) is 21.8. The van der Waals surface area contributed by atoms with Gasteiger partial charge in [-0.1, -0.05) is 33.1 Å². The van der Waals surface area contributed by atoms with Gasteiger partial charge in [0.2, 0.25) is 0 Å². The van der Waals surface area contributed by atoms with Gasteiger partial charge in [0.05, 0.1) is 17.6 Å². The van der Waals surface area contributed by atoms with Crippen molar-refractivity contribution in [3.63, 3.8) is 0 Å². The summed E-state index contributed by atoms with van der Waals surface area (Å²) in [6.07, 6.45) is 11.2. The number of imidazole rings is 1. The number of nitrogens with one attached hydrogen (secondary N) is 1. The molecule has 0 amide bonds. The Morgan fingerprint density at radius 1 is 1.32 bits per heavy atom. The second kappa shape index (κ2) is 5.28. The Morgan fingerprint density at radius 2 is 2.11 bits per heavy atom. The highest BCUT2D eigenvalue weighted by molar-refractivity contribution is 5.27. The zero-order valence-electron chi connectivity index (χ0n) is 12.4. The van der Waals surface area contributed by atoms with Crippen molar-refractivity contribution in [1.29, 1.82) is 0 Å². The number of aryl methyl sites for hydroxylation is 1. The van der Waals surface area contributed by atoms with Crippen LogP contribution in [0.15, 0.2) is 6.33 Å². The maximum atomic E-state index is 4.81. The van der Waals surface area contributed by atoms with E-state index in [2.05, 4.69) is 30.1 Å². The monoisotopic (exact) mass is 261 g/mol. The molecule has 1 saturated carbocycles. The second-order valence-corrected chi connectivity index (χ2v) is 6.74. The van der Waals surface area contributed by atoms with Gasteiger partial charge < -0.3 is 9.88 Å². The molecule has 19 heavy (non-hydrogen) atoms. The van der Waals surface area contributed by atoms with E-state index in [1.807, 2.05) is 0 Å². The van der Waals surface area contributed by atoms with Gasteiger partial charge in [0, 0.05) is 25.2 Å². The van der Waals surface area contributed by atoms with E-state index in [9.17, 15) is 0 Å². The molecule has 106 valence electrons. The molecular formula is C16H27N3. The summed E-state index contributed by atoms with van der Waals surface area (Å²) in [5, 5.41) is 3.79. The van der Waals surface area contributed by atoms with Crippen LogP contribution < -0.4 is 5.32 Å². The van der Waals surface area contributed by atoms with E-state index in [1.165, 1.54) is 49.9 Å². The summed E-state index contributed by atoms with van der Waals surface area (Å²) in [6.45, 7) is 6.86. The number of aromatic nitrogens is 2. The molecule has 2 heterocycles. The largest absolute Gasteiger partial charge is 0.334 e. The summed E-state index contributed by atoms with van der Waals surface area (Å²) in [7, 11) is 0. The molecule has 1 aliphatic carbocycles. The molecule has 1 fully saturated rings. The predicted octanol–water partition coefficient (Wildman–Crippen LogP) is 3.23. The number of rotatable bonds is 3. The lowest BCUT2D eigenvalue weighted by Crippen LogP contribution is -2.49. The fourth-order valence-electron chi connectivity index (χ4n) is 3.73. The summed E-state index contributed by atoms with van der Waals surface area (Å²) in [4.78, 5) is 4.81. The summed E-state index contributed by atoms with van der Waals surface area (Å²) in [5.41, 5.74) is 3.11. The fourth-order valence-corrected chi connectivity index (χ4v) is 3.73. The third-order valence-corrected chi connectivity index (χ3v) is 4.88.